The van der Waals surface area contributed by atoms with Crippen molar-refractivity contribution in [2.45, 2.75) is 30.9 Å². The Bertz CT molecular complexity index is 590. The van der Waals surface area contributed by atoms with E-state index in [1.54, 1.807) is 12.3 Å². The molecule has 1 unspecified atom stereocenters. The van der Waals surface area contributed by atoms with Gasteiger partial charge in [-0.15, -0.1) is 11.3 Å². The Kier molecular flexibility index (Phi) is 4.23. The van der Waals surface area contributed by atoms with Crippen molar-refractivity contribution in [3.8, 4) is 0 Å². The van der Waals surface area contributed by atoms with Crippen LogP contribution in [0.15, 0.2) is 9.59 Å². The van der Waals surface area contributed by atoms with E-state index >= 15 is 0 Å². The molecule has 1 aliphatic carbocycles. The van der Waals surface area contributed by atoms with Gasteiger partial charge in [-0.3, -0.25) is 4.79 Å². The first-order chi connectivity index (χ1) is 8.80. The molecule has 2 rings (SSSR count). The number of hydrogen-bond acceptors (Lipinski definition) is 4. The van der Waals surface area contributed by atoms with Crippen molar-refractivity contribution in [2.24, 2.45) is 11.8 Å². The summed E-state index contributed by atoms with van der Waals surface area (Å²) in [4.78, 5) is 12.0. The number of hydrogen-bond donors (Lipinski definition) is 1. The van der Waals surface area contributed by atoms with E-state index in [9.17, 15) is 13.2 Å². The maximum atomic E-state index is 12.0. The summed E-state index contributed by atoms with van der Waals surface area (Å²) in [5.74, 6) is 0.967. The second-order valence-electron chi connectivity index (χ2n) is 5.02. The normalized spacial score (nSPS) is 17.2. The van der Waals surface area contributed by atoms with Gasteiger partial charge in [-0.2, -0.15) is 0 Å². The summed E-state index contributed by atoms with van der Waals surface area (Å²) in [6.07, 6.45) is 2.48. The van der Waals surface area contributed by atoms with Crippen molar-refractivity contribution in [1.29, 1.82) is 0 Å². The van der Waals surface area contributed by atoms with Crippen LogP contribution in [0.4, 0.5) is 0 Å². The smallest absolute Gasteiger partial charge is 0.271 e. The van der Waals surface area contributed by atoms with Gasteiger partial charge in [-0.05, 0) is 37.2 Å². The topological polar surface area (TPSA) is 63.2 Å². The van der Waals surface area contributed by atoms with Crippen molar-refractivity contribution in [3.63, 3.8) is 0 Å². The molecular weight excluding hydrogens is 306 g/mol. The van der Waals surface area contributed by atoms with E-state index in [4.69, 9.17) is 10.7 Å². The van der Waals surface area contributed by atoms with Crippen LogP contribution in [-0.2, 0) is 9.05 Å². The molecule has 1 amide bonds. The zero-order chi connectivity index (χ0) is 14.2. The Balaban J connectivity index is 2.05. The number of halogens is 1. The van der Waals surface area contributed by atoms with Crippen LogP contribution in [0, 0.1) is 18.8 Å². The Morgan fingerprint density at radius 2 is 2.21 bits per heavy atom. The van der Waals surface area contributed by atoms with Gasteiger partial charge in [0.15, 0.2) is 0 Å². The molecule has 4 nitrogen and oxygen atoms in total. The minimum Gasteiger partial charge on any atom is -0.352 e. The Labute approximate surface area is 121 Å². The molecule has 1 heterocycles. The van der Waals surface area contributed by atoms with E-state index in [0.717, 1.165) is 17.3 Å². The van der Waals surface area contributed by atoms with Gasteiger partial charge in [0, 0.05) is 22.6 Å². The lowest BCUT2D eigenvalue weighted by Crippen LogP contribution is -2.29. The number of carbonyl (C=O) groups is 1. The minimum absolute atomic E-state index is 0.0505. The minimum atomic E-state index is -3.77. The van der Waals surface area contributed by atoms with E-state index in [2.05, 4.69) is 12.2 Å². The molecule has 19 heavy (non-hydrogen) atoms. The predicted octanol–water partition coefficient (Wildman–Crippen LogP) is 2.76. The molecule has 106 valence electrons. The maximum Gasteiger partial charge on any atom is 0.271 e. The van der Waals surface area contributed by atoms with Crippen molar-refractivity contribution in [2.75, 3.05) is 6.54 Å². The molecule has 1 atom stereocenters. The fourth-order valence-electron chi connectivity index (χ4n) is 2.04. The van der Waals surface area contributed by atoms with E-state index in [1.165, 1.54) is 12.8 Å². The fourth-order valence-corrected chi connectivity index (χ4v) is 4.59. The fraction of sp³-hybridized carbons (Fsp3) is 0.583. The first kappa shape index (κ1) is 14.8. The molecule has 1 aliphatic rings. The molecule has 0 aromatic carbocycles. The van der Waals surface area contributed by atoms with Gasteiger partial charge in [0.1, 0.15) is 4.21 Å². The molecule has 1 saturated carbocycles. The van der Waals surface area contributed by atoms with Gasteiger partial charge < -0.3 is 5.32 Å². The van der Waals surface area contributed by atoms with Gasteiger partial charge in [0.25, 0.3) is 15.0 Å². The van der Waals surface area contributed by atoms with Crippen LogP contribution in [0.1, 0.15) is 35.7 Å². The molecule has 0 bridgehead atoms. The van der Waals surface area contributed by atoms with Crippen LogP contribution in [-0.4, -0.2) is 20.9 Å². The Hall–Kier alpha value is -0.590. The summed E-state index contributed by atoms with van der Waals surface area (Å²) in [6.45, 7) is 4.35. The molecular formula is C12H16ClNO3S2. The van der Waals surface area contributed by atoms with Crippen LogP contribution < -0.4 is 5.32 Å². The molecule has 0 spiro atoms. The van der Waals surface area contributed by atoms with Crippen LogP contribution in [0.5, 0.6) is 0 Å². The standard InChI is InChI=1S/C12H16ClNO3S2/c1-7(9-3-4-9)5-14-11(15)10-6-18-12(8(10)2)19(13,16)17/h6-7,9H,3-5H2,1-2H3,(H,14,15). The summed E-state index contributed by atoms with van der Waals surface area (Å²) in [5, 5.41) is 4.40. The summed E-state index contributed by atoms with van der Waals surface area (Å²) in [5.41, 5.74) is 0.823. The predicted molar refractivity (Wildman–Crippen MR) is 76.3 cm³/mol. The third-order valence-corrected chi connectivity index (χ3v) is 6.78. The lowest BCUT2D eigenvalue weighted by Gasteiger charge is -2.11. The third kappa shape index (κ3) is 3.49. The highest BCUT2D eigenvalue weighted by atomic mass is 35.7. The van der Waals surface area contributed by atoms with Gasteiger partial charge >= 0.3 is 0 Å². The average molecular weight is 322 g/mol. The Morgan fingerprint density at radius 3 is 2.68 bits per heavy atom. The largest absolute Gasteiger partial charge is 0.352 e. The van der Waals surface area contributed by atoms with Crippen LogP contribution in [0.25, 0.3) is 0 Å². The van der Waals surface area contributed by atoms with E-state index in [1.807, 2.05) is 0 Å². The number of amides is 1. The summed E-state index contributed by atoms with van der Waals surface area (Å²) < 4.78 is 22.6. The molecule has 1 aromatic heterocycles. The van der Waals surface area contributed by atoms with Crippen molar-refractivity contribution >= 4 is 37.0 Å². The summed E-state index contributed by atoms with van der Waals surface area (Å²) >= 11 is 0.984. The third-order valence-electron chi connectivity index (χ3n) is 3.47. The van der Waals surface area contributed by atoms with Gasteiger partial charge in [-0.1, -0.05) is 6.92 Å². The highest BCUT2D eigenvalue weighted by Crippen LogP contribution is 2.36. The molecule has 0 radical (unpaired) electrons. The molecule has 7 heteroatoms. The summed E-state index contributed by atoms with van der Waals surface area (Å²) in [7, 11) is 1.54. The first-order valence-electron chi connectivity index (χ1n) is 6.11. The monoisotopic (exact) mass is 321 g/mol. The van der Waals surface area contributed by atoms with Crippen LogP contribution in [0.3, 0.4) is 0 Å². The molecule has 0 aliphatic heterocycles. The molecule has 1 fully saturated rings. The zero-order valence-corrected chi connectivity index (χ0v) is 13.2. The number of thiophene rings is 1. The van der Waals surface area contributed by atoms with Gasteiger partial charge in [0.05, 0.1) is 5.56 Å². The van der Waals surface area contributed by atoms with E-state index < -0.39 is 9.05 Å². The zero-order valence-electron chi connectivity index (χ0n) is 10.8. The van der Waals surface area contributed by atoms with Crippen molar-refractivity contribution in [3.05, 3.63) is 16.5 Å². The van der Waals surface area contributed by atoms with E-state index in [0.29, 0.717) is 23.6 Å². The van der Waals surface area contributed by atoms with Crippen LogP contribution >= 0.6 is 22.0 Å². The summed E-state index contributed by atoms with van der Waals surface area (Å²) in [6, 6.07) is 0. The molecule has 1 aromatic rings. The second-order valence-corrected chi connectivity index (χ2v) is 8.67. The van der Waals surface area contributed by atoms with Crippen molar-refractivity contribution in [1.82, 2.24) is 5.32 Å². The van der Waals surface area contributed by atoms with E-state index in [-0.39, 0.29) is 10.1 Å². The average Bonchev–Trinajstić information content (AvgIpc) is 3.07. The first-order valence-corrected chi connectivity index (χ1v) is 9.30. The second kappa shape index (κ2) is 5.42. The molecule has 0 saturated heterocycles. The number of rotatable bonds is 5. The maximum absolute atomic E-state index is 12.0. The lowest BCUT2D eigenvalue weighted by molar-refractivity contribution is 0.0946. The SMILES string of the molecule is Cc1c(C(=O)NCC(C)C2CC2)csc1S(=O)(=O)Cl. The quantitative estimate of drug-likeness (QED) is 0.848. The van der Waals surface area contributed by atoms with Crippen molar-refractivity contribution < 1.29 is 13.2 Å². The highest BCUT2D eigenvalue weighted by molar-refractivity contribution is 8.15. The van der Waals surface area contributed by atoms with Gasteiger partial charge in [0.2, 0.25) is 0 Å². The number of carbonyl (C=O) groups excluding carboxylic acids is 1. The van der Waals surface area contributed by atoms with Gasteiger partial charge in [-0.25, -0.2) is 8.42 Å². The highest BCUT2D eigenvalue weighted by Gasteiger charge is 2.28. The lowest BCUT2D eigenvalue weighted by atomic mass is 10.1. The number of nitrogens with one attached hydrogen (secondary N) is 1. The Morgan fingerprint density at radius 1 is 1.58 bits per heavy atom. The molecule has 1 N–H and O–H groups in total. The van der Waals surface area contributed by atoms with Crippen LogP contribution in [0.2, 0.25) is 0 Å².